The van der Waals surface area contributed by atoms with Crippen LogP contribution >= 0.6 is 8.58 Å². The van der Waals surface area contributed by atoms with Gasteiger partial charge in [0.15, 0.2) is 6.79 Å². The zero-order valence-electron chi connectivity index (χ0n) is 27.5. The maximum atomic E-state index is 6.30. The molecule has 4 aromatic carbocycles. The van der Waals surface area contributed by atoms with Crippen LogP contribution in [0.25, 0.3) is 0 Å². The lowest BCUT2D eigenvalue weighted by atomic mass is 9.82. The number of rotatable bonds is 13. The normalized spacial score (nSPS) is 13.5. The molecule has 2 unspecified atom stereocenters. The van der Waals surface area contributed by atoms with Crippen LogP contribution in [0.1, 0.15) is 80.0 Å². The molecule has 3 nitrogen and oxygen atoms in total. The number of nitrogens with zero attached hydrogens (tertiary/aromatic N) is 1. The van der Waals surface area contributed by atoms with E-state index in [-0.39, 0.29) is 17.4 Å². The molecular formula is C39H50NO2P. The molecule has 0 bridgehead atoms. The molecule has 2 atom stereocenters. The van der Waals surface area contributed by atoms with Gasteiger partial charge >= 0.3 is 0 Å². The van der Waals surface area contributed by atoms with Crippen molar-refractivity contribution in [1.82, 2.24) is 4.90 Å². The SMILES string of the molecule is CCC(C)(Pc1c(C)cccc1CN(Cc1ccccc1)Cc1ccccc1)c1cc(C(C)(C)C)cc(C)c1OCOC. The summed E-state index contributed by atoms with van der Waals surface area (Å²) < 4.78 is 11.7. The van der Waals surface area contributed by atoms with Crippen molar-refractivity contribution in [2.45, 2.75) is 85.1 Å². The highest BCUT2D eigenvalue weighted by atomic mass is 31.1. The molecule has 4 heteroatoms. The van der Waals surface area contributed by atoms with Crippen LogP contribution in [-0.4, -0.2) is 18.8 Å². The first-order chi connectivity index (χ1) is 20.5. The first kappa shape index (κ1) is 32.9. The fourth-order valence-corrected chi connectivity index (χ4v) is 7.33. The Labute approximate surface area is 262 Å². The van der Waals surface area contributed by atoms with Crippen LogP contribution in [0.15, 0.2) is 91.0 Å². The second-order valence-corrected chi connectivity index (χ2v) is 14.9. The van der Waals surface area contributed by atoms with E-state index in [1.54, 1.807) is 7.11 Å². The largest absolute Gasteiger partial charge is 0.467 e. The number of hydrogen-bond donors (Lipinski definition) is 0. The van der Waals surface area contributed by atoms with Crippen molar-refractivity contribution in [2.24, 2.45) is 0 Å². The summed E-state index contributed by atoms with van der Waals surface area (Å²) in [5, 5.41) is 1.37. The molecule has 0 aliphatic rings. The van der Waals surface area contributed by atoms with E-state index >= 15 is 0 Å². The highest BCUT2D eigenvalue weighted by Crippen LogP contribution is 2.50. The van der Waals surface area contributed by atoms with Crippen molar-refractivity contribution < 1.29 is 9.47 Å². The quantitative estimate of drug-likeness (QED) is 0.114. The van der Waals surface area contributed by atoms with Crippen LogP contribution in [0.5, 0.6) is 5.75 Å². The van der Waals surface area contributed by atoms with Crippen LogP contribution in [-0.2, 0) is 34.9 Å². The molecule has 0 aliphatic heterocycles. The van der Waals surface area contributed by atoms with Crippen molar-refractivity contribution in [3.63, 3.8) is 0 Å². The Hall–Kier alpha value is -2.97. The predicted molar refractivity (Wildman–Crippen MR) is 185 cm³/mol. The molecule has 0 radical (unpaired) electrons. The molecule has 0 saturated carbocycles. The molecule has 0 heterocycles. The van der Waals surface area contributed by atoms with Crippen LogP contribution in [0.4, 0.5) is 0 Å². The molecule has 0 N–H and O–H groups in total. The van der Waals surface area contributed by atoms with Gasteiger partial charge in [-0.05, 0) is 64.4 Å². The molecule has 0 fully saturated rings. The molecule has 0 amide bonds. The van der Waals surface area contributed by atoms with Gasteiger partial charge in [-0.25, -0.2) is 0 Å². The Morgan fingerprint density at radius 3 is 1.86 bits per heavy atom. The second kappa shape index (κ2) is 14.7. The third kappa shape index (κ3) is 8.57. The second-order valence-electron chi connectivity index (χ2n) is 13.0. The van der Waals surface area contributed by atoms with Gasteiger partial charge in [0.2, 0.25) is 0 Å². The molecule has 43 heavy (non-hydrogen) atoms. The number of benzene rings is 4. The Morgan fingerprint density at radius 1 is 0.721 bits per heavy atom. The smallest absolute Gasteiger partial charge is 0.188 e. The summed E-state index contributed by atoms with van der Waals surface area (Å²) in [6.07, 6.45) is 1.01. The average Bonchev–Trinajstić information content (AvgIpc) is 2.98. The summed E-state index contributed by atoms with van der Waals surface area (Å²) in [6, 6.07) is 33.2. The van der Waals surface area contributed by atoms with E-state index < -0.39 is 0 Å². The third-order valence-electron chi connectivity index (χ3n) is 8.42. The Balaban J connectivity index is 1.75. The van der Waals surface area contributed by atoms with Gasteiger partial charge in [-0.2, -0.15) is 0 Å². The predicted octanol–water partition coefficient (Wildman–Crippen LogP) is 9.42. The maximum Gasteiger partial charge on any atom is 0.188 e. The summed E-state index contributed by atoms with van der Waals surface area (Å²) in [6.45, 7) is 19.0. The molecule has 4 rings (SSSR count). The molecule has 0 aliphatic carbocycles. The Kier molecular flexibility index (Phi) is 11.2. The summed E-state index contributed by atoms with van der Waals surface area (Å²) in [7, 11) is 2.28. The number of aryl methyl sites for hydroxylation is 2. The summed E-state index contributed by atoms with van der Waals surface area (Å²) >= 11 is 0. The highest BCUT2D eigenvalue weighted by molar-refractivity contribution is 7.48. The van der Waals surface area contributed by atoms with Gasteiger partial charge < -0.3 is 9.47 Å². The van der Waals surface area contributed by atoms with Crippen LogP contribution in [0, 0.1) is 13.8 Å². The van der Waals surface area contributed by atoms with E-state index in [1.807, 2.05) is 0 Å². The van der Waals surface area contributed by atoms with Crippen LogP contribution < -0.4 is 10.0 Å². The Bertz CT molecular complexity index is 1420. The lowest BCUT2D eigenvalue weighted by Gasteiger charge is -2.35. The van der Waals surface area contributed by atoms with Crippen molar-refractivity contribution in [1.29, 1.82) is 0 Å². The molecule has 228 valence electrons. The summed E-state index contributed by atoms with van der Waals surface area (Å²) in [5.41, 5.74) is 9.29. The van der Waals surface area contributed by atoms with Gasteiger partial charge in [0.05, 0.1) is 0 Å². The fourth-order valence-electron chi connectivity index (χ4n) is 5.68. The summed E-state index contributed by atoms with van der Waals surface area (Å²) in [4.78, 5) is 2.58. The lowest BCUT2D eigenvalue weighted by molar-refractivity contribution is 0.0495. The standard InChI is InChI=1S/C39H50NO2P/c1-9-39(7,35-24-34(38(4,5)6)23-30(3)36(35)42-28-41-8)43-37-29(2)17-16-22-33(37)27-40(25-31-18-12-10-13-19-31)26-32-20-14-11-15-21-32/h10-24,43H,9,25-28H2,1-8H3. The lowest BCUT2D eigenvalue weighted by Crippen LogP contribution is -2.28. The third-order valence-corrected chi connectivity index (χ3v) is 10.6. The van der Waals surface area contributed by atoms with Crippen LogP contribution in [0.2, 0.25) is 0 Å². The van der Waals surface area contributed by atoms with E-state index in [0.717, 1.165) is 31.8 Å². The zero-order valence-corrected chi connectivity index (χ0v) is 28.5. The molecule has 0 saturated heterocycles. The van der Waals surface area contributed by atoms with E-state index in [2.05, 4.69) is 144 Å². The summed E-state index contributed by atoms with van der Waals surface area (Å²) in [5.74, 6) is 0.969. The van der Waals surface area contributed by atoms with Gasteiger partial charge in [-0.15, -0.1) is 0 Å². The van der Waals surface area contributed by atoms with E-state index in [9.17, 15) is 0 Å². The van der Waals surface area contributed by atoms with Crippen molar-refractivity contribution in [2.75, 3.05) is 13.9 Å². The molecule has 0 spiro atoms. The minimum Gasteiger partial charge on any atom is -0.467 e. The van der Waals surface area contributed by atoms with Gasteiger partial charge in [0, 0.05) is 37.5 Å². The number of methoxy groups -OCH3 is 1. The van der Waals surface area contributed by atoms with Gasteiger partial charge in [-0.3, -0.25) is 4.90 Å². The van der Waals surface area contributed by atoms with Crippen molar-refractivity contribution in [3.8, 4) is 5.75 Å². The fraction of sp³-hybridized carbons (Fsp3) is 0.385. The highest BCUT2D eigenvalue weighted by Gasteiger charge is 2.33. The first-order valence-corrected chi connectivity index (χ1v) is 16.5. The molecular weight excluding hydrogens is 545 g/mol. The minimum atomic E-state index is -0.0976. The van der Waals surface area contributed by atoms with Crippen molar-refractivity contribution >= 4 is 13.9 Å². The molecule has 4 aromatic rings. The number of hydrogen-bond acceptors (Lipinski definition) is 3. The van der Waals surface area contributed by atoms with E-state index in [1.165, 1.54) is 44.2 Å². The maximum absolute atomic E-state index is 6.30. The van der Waals surface area contributed by atoms with Crippen LogP contribution in [0.3, 0.4) is 0 Å². The zero-order chi connectivity index (χ0) is 31.0. The van der Waals surface area contributed by atoms with Gasteiger partial charge in [-0.1, -0.05) is 134 Å². The van der Waals surface area contributed by atoms with Crippen molar-refractivity contribution in [3.05, 3.63) is 130 Å². The molecule has 0 aromatic heterocycles. The topological polar surface area (TPSA) is 21.7 Å². The monoisotopic (exact) mass is 595 g/mol. The van der Waals surface area contributed by atoms with Gasteiger partial charge in [0.25, 0.3) is 0 Å². The number of ether oxygens (including phenoxy) is 2. The average molecular weight is 596 g/mol. The minimum absolute atomic E-state index is 0.0419. The van der Waals surface area contributed by atoms with E-state index in [4.69, 9.17) is 9.47 Å². The van der Waals surface area contributed by atoms with Gasteiger partial charge in [0.1, 0.15) is 5.75 Å². The Morgan fingerprint density at radius 2 is 1.33 bits per heavy atom. The van der Waals surface area contributed by atoms with E-state index in [0.29, 0.717) is 8.58 Å². The first-order valence-electron chi connectivity index (χ1n) is 15.5.